The van der Waals surface area contributed by atoms with Crippen molar-refractivity contribution in [3.05, 3.63) is 30.3 Å². The van der Waals surface area contributed by atoms with Crippen molar-refractivity contribution in [3.63, 3.8) is 0 Å². The number of carbonyl (C=O) groups excluding carboxylic acids is 2. The van der Waals surface area contributed by atoms with Crippen molar-refractivity contribution >= 4 is 17.5 Å². The number of para-hydroxylation sites is 1. The number of nitrogens with one attached hydrogen (secondary N) is 1. The van der Waals surface area contributed by atoms with Crippen molar-refractivity contribution in [2.45, 2.75) is 51.6 Å². The van der Waals surface area contributed by atoms with Gasteiger partial charge < -0.3 is 5.32 Å². The summed E-state index contributed by atoms with van der Waals surface area (Å²) in [6.07, 6.45) is 3.81. The second-order valence-electron chi connectivity index (χ2n) is 6.70. The van der Waals surface area contributed by atoms with E-state index in [0.29, 0.717) is 23.6 Å². The van der Waals surface area contributed by atoms with Gasteiger partial charge in [0.15, 0.2) is 0 Å². The Hall–Kier alpha value is -1.68. The molecule has 4 heteroatoms. The maximum Gasteiger partial charge on any atom is 0.251 e. The molecule has 2 aliphatic rings. The van der Waals surface area contributed by atoms with Crippen molar-refractivity contribution in [2.75, 3.05) is 4.90 Å². The van der Waals surface area contributed by atoms with Crippen molar-refractivity contribution in [3.8, 4) is 0 Å². The van der Waals surface area contributed by atoms with Crippen LogP contribution in [-0.4, -0.2) is 23.9 Å². The summed E-state index contributed by atoms with van der Waals surface area (Å²) in [6, 6.07) is 9.16. The third-order valence-corrected chi connectivity index (χ3v) is 5.28. The molecule has 1 saturated carbocycles. The van der Waals surface area contributed by atoms with Crippen LogP contribution in [0.2, 0.25) is 0 Å². The van der Waals surface area contributed by atoms with Crippen LogP contribution in [0.5, 0.6) is 0 Å². The number of hydrogen-bond donors (Lipinski definition) is 1. The summed E-state index contributed by atoms with van der Waals surface area (Å²) in [7, 11) is 0. The first-order valence-corrected chi connectivity index (χ1v) is 8.26. The largest absolute Gasteiger partial charge is 0.302 e. The normalized spacial score (nSPS) is 32.5. The molecule has 2 fully saturated rings. The smallest absolute Gasteiger partial charge is 0.251 e. The summed E-state index contributed by atoms with van der Waals surface area (Å²) in [5, 5.41) is 3.47. The molecule has 1 heterocycles. The highest BCUT2D eigenvalue weighted by Gasteiger charge is 2.41. The third kappa shape index (κ3) is 2.80. The molecule has 1 aromatic carbocycles. The van der Waals surface area contributed by atoms with E-state index in [2.05, 4.69) is 19.2 Å². The van der Waals surface area contributed by atoms with Crippen LogP contribution < -0.4 is 10.2 Å². The number of imide groups is 1. The molecule has 0 bridgehead atoms. The molecular formula is C18H24N2O2. The van der Waals surface area contributed by atoms with Gasteiger partial charge in [-0.25, -0.2) is 4.90 Å². The number of anilines is 1. The lowest BCUT2D eigenvalue weighted by Crippen LogP contribution is -2.48. The van der Waals surface area contributed by atoms with Crippen molar-refractivity contribution in [2.24, 2.45) is 11.8 Å². The molecule has 4 nitrogen and oxygen atoms in total. The van der Waals surface area contributed by atoms with Gasteiger partial charge in [-0.1, -0.05) is 44.9 Å². The minimum Gasteiger partial charge on any atom is -0.302 e. The molecule has 1 aliphatic carbocycles. The summed E-state index contributed by atoms with van der Waals surface area (Å²) >= 11 is 0. The van der Waals surface area contributed by atoms with Crippen LogP contribution in [0, 0.1) is 11.8 Å². The second-order valence-corrected chi connectivity index (χ2v) is 6.70. The molecule has 1 aromatic rings. The molecule has 3 rings (SSSR count). The van der Waals surface area contributed by atoms with E-state index in [1.807, 2.05) is 30.3 Å². The molecule has 2 amide bonds. The summed E-state index contributed by atoms with van der Waals surface area (Å²) in [5.74, 6) is 0.998. The van der Waals surface area contributed by atoms with Crippen molar-refractivity contribution in [1.29, 1.82) is 0 Å². The molecule has 0 aromatic heterocycles. The monoisotopic (exact) mass is 300 g/mol. The highest BCUT2D eigenvalue weighted by Crippen LogP contribution is 2.31. The maximum atomic E-state index is 12.6. The highest BCUT2D eigenvalue weighted by molar-refractivity contribution is 6.22. The van der Waals surface area contributed by atoms with Gasteiger partial charge in [-0.3, -0.25) is 9.59 Å². The van der Waals surface area contributed by atoms with Gasteiger partial charge in [0.05, 0.1) is 18.2 Å². The first-order valence-electron chi connectivity index (χ1n) is 8.26. The standard InChI is InChI=1S/C18H24N2O2/c1-12-7-6-10-15(13(12)2)19-16-11-17(21)20(18(16)22)14-8-4-3-5-9-14/h3-5,8-9,12-13,15-16,19H,6-7,10-11H2,1-2H3/t12-,13-,15-,16-/m1/s1. The Morgan fingerprint density at radius 3 is 2.55 bits per heavy atom. The van der Waals surface area contributed by atoms with E-state index in [9.17, 15) is 9.59 Å². The predicted molar refractivity (Wildman–Crippen MR) is 86.4 cm³/mol. The van der Waals surface area contributed by atoms with Gasteiger partial charge in [-0.05, 0) is 30.4 Å². The van der Waals surface area contributed by atoms with Gasteiger partial charge in [0.2, 0.25) is 5.91 Å². The highest BCUT2D eigenvalue weighted by atomic mass is 16.2. The molecule has 4 atom stereocenters. The van der Waals surface area contributed by atoms with Gasteiger partial charge in [-0.2, -0.15) is 0 Å². The molecule has 1 N–H and O–H groups in total. The van der Waals surface area contributed by atoms with Crippen molar-refractivity contribution < 1.29 is 9.59 Å². The van der Waals surface area contributed by atoms with E-state index in [0.717, 1.165) is 6.42 Å². The predicted octanol–water partition coefficient (Wildman–Crippen LogP) is 2.73. The van der Waals surface area contributed by atoms with Crippen LogP contribution >= 0.6 is 0 Å². The molecule has 1 aliphatic heterocycles. The van der Waals surface area contributed by atoms with Gasteiger partial charge in [-0.15, -0.1) is 0 Å². The Morgan fingerprint density at radius 2 is 1.82 bits per heavy atom. The lowest BCUT2D eigenvalue weighted by atomic mass is 9.78. The van der Waals surface area contributed by atoms with Crippen LogP contribution in [0.25, 0.3) is 0 Å². The third-order valence-electron chi connectivity index (χ3n) is 5.28. The zero-order valence-corrected chi connectivity index (χ0v) is 13.3. The fraction of sp³-hybridized carbons (Fsp3) is 0.556. The Bertz CT molecular complexity index is 557. The first kappa shape index (κ1) is 15.2. The van der Waals surface area contributed by atoms with E-state index >= 15 is 0 Å². The molecule has 0 spiro atoms. The second kappa shape index (κ2) is 6.21. The summed E-state index contributed by atoms with van der Waals surface area (Å²) in [4.78, 5) is 26.2. The fourth-order valence-corrected chi connectivity index (χ4v) is 3.69. The Balaban J connectivity index is 1.72. The number of nitrogens with zero attached hydrogens (tertiary/aromatic N) is 1. The fourth-order valence-electron chi connectivity index (χ4n) is 3.69. The summed E-state index contributed by atoms with van der Waals surface area (Å²) in [5.41, 5.74) is 0.673. The molecule has 0 radical (unpaired) electrons. The number of carbonyl (C=O) groups is 2. The maximum absolute atomic E-state index is 12.6. The van der Waals surface area contributed by atoms with Gasteiger partial charge in [0.25, 0.3) is 5.91 Å². The van der Waals surface area contributed by atoms with E-state index < -0.39 is 0 Å². The molecule has 22 heavy (non-hydrogen) atoms. The Kier molecular flexibility index (Phi) is 4.30. The quantitative estimate of drug-likeness (QED) is 0.873. The summed E-state index contributed by atoms with van der Waals surface area (Å²) in [6.45, 7) is 4.52. The van der Waals surface area contributed by atoms with E-state index in [1.165, 1.54) is 17.7 Å². The zero-order valence-electron chi connectivity index (χ0n) is 13.3. The molecule has 118 valence electrons. The lowest BCUT2D eigenvalue weighted by Gasteiger charge is -2.36. The van der Waals surface area contributed by atoms with E-state index in [-0.39, 0.29) is 24.3 Å². The average molecular weight is 300 g/mol. The molecule has 0 unspecified atom stereocenters. The van der Waals surface area contributed by atoms with Crippen LogP contribution in [0.3, 0.4) is 0 Å². The van der Waals surface area contributed by atoms with Gasteiger partial charge in [0.1, 0.15) is 0 Å². The van der Waals surface area contributed by atoms with Crippen LogP contribution in [0.15, 0.2) is 30.3 Å². The lowest BCUT2D eigenvalue weighted by molar-refractivity contribution is -0.121. The Morgan fingerprint density at radius 1 is 1.09 bits per heavy atom. The van der Waals surface area contributed by atoms with Gasteiger partial charge in [0, 0.05) is 6.04 Å². The minimum atomic E-state index is -0.370. The van der Waals surface area contributed by atoms with Crippen molar-refractivity contribution in [1.82, 2.24) is 5.32 Å². The van der Waals surface area contributed by atoms with Crippen LogP contribution in [-0.2, 0) is 9.59 Å². The van der Waals surface area contributed by atoms with Gasteiger partial charge >= 0.3 is 0 Å². The SMILES string of the molecule is C[C@@H]1[C@H](C)CCC[C@H]1N[C@@H]1CC(=O)N(c2ccccc2)C1=O. The number of hydrogen-bond acceptors (Lipinski definition) is 3. The minimum absolute atomic E-state index is 0.106. The zero-order chi connectivity index (χ0) is 15.7. The Labute approximate surface area is 131 Å². The number of benzene rings is 1. The number of rotatable bonds is 3. The van der Waals surface area contributed by atoms with E-state index in [4.69, 9.17) is 0 Å². The molecule has 1 saturated heterocycles. The topological polar surface area (TPSA) is 49.4 Å². The van der Waals surface area contributed by atoms with Crippen LogP contribution in [0.4, 0.5) is 5.69 Å². The number of amides is 2. The summed E-state index contributed by atoms with van der Waals surface area (Å²) < 4.78 is 0. The first-order chi connectivity index (χ1) is 10.6. The van der Waals surface area contributed by atoms with E-state index in [1.54, 1.807) is 0 Å². The average Bonchev–Trinajstić information content (AvgIpc) is 2.79. The van der Waals surface area contributed by atoms with Crippen LogP contribution in [0.1, 0.15) is 39.5 Å². The molecular weight excluding hydrogens is 276 g/mol.